The Morgan fingerprint density at radius 3 is 2.88 bits per heavy atom. The summed E-state index contributed by atoms with van der Waals surface area (Å²) >= 11 is 1.63. The molecule has 1 aromatic heterocycles. The number of nitrogens with zero attached hydrogens (tertiary/aromatic N) is 1. The fourth-order valence-corrected chi connectivity index (χ4v) is 4.54. The molecule has 2 aliphatic heterocycles. The van der Waals surface area contributed by atoms with Gasteiger partial charge < -0.3 is 25.2 Å². The van der Waals surface area contributed by atoms with E-state index in [1.165, 1.54) is 16.5 Å². The van der Waals surface area contributed by atoms with Gasteiger partial charge in [0.1, 0.15) is 42.8 Å². The summed E-state index contributed by atoms with van der Waals surface area (Å²) in [6, 6.07) is 9.30. The van der Waals surface area contributed by atoms with Crippen molar-refractivity contribution in [3.63, 3.8) is 0 Å². The molecule has 1 atom stereocenters. The van der Waals surface area contributed by atoms with Crippen LogP contribution in [0.3, 0.4) is 0 Å². The first-order valence-corrected chi connectivity index (χ1v) is 9.43. The molecule has 0 amide bonds. The van der Waals surface area contributed by atoms with Crippen LogP contribution in [0.15, 0.2) is 41.1 Å². The normalized spacial score (nSPS) is 20.3. The summed E-state index contributed by atoms with van der Waals surface area (Å²) in [5.74, 6) is 0.450. The van der Waals surface area contributed by atoms with Crippen LogP contribution in [0.25, 0.3) is 0 Å². The molecule has 0 unspecified atom stereocenters. The number of allylic oxidation sites excluding steroid dienone is 1. The lowest BCUT2D eigenvalue weighted by Gasteiger charge is -2.25. The second kappa shape index (κ2) is 7.00. The van der Waals surface area contributed by atoms with Crippen molar-refractivity contribution < 1.29 is 19.5 Å². The first-order valence-electron chi connectivity index (χ1n) is 8.55. The number of hydrogen-bond donors (Lipinski definition) is 3. The summed E-state index contributed by atoms with van der Waals surface area (Å²) < 4.78 is 11.0. The molecule has 0 aliphatic carbocycles. The largest absolute Gasteiger partial charge is 0.508 e. The molecule has 1 saturated heterocycles. The molecule has 26 heavy (non-hydrogen) atoms. The smallest absolute Gasteiger partial charge is 0.205 e. The molecule has 1 aromatic carbocycles. The zero-order valence-electron chi connectivity index (χ0n) is 14.2. The van der Waals surface area contributed by atoms with Gasteiger partial charge in [-0.2, -0.15) is 5.26 Å². The summed E-state index contributed by atoms with van der Waals surface area (Å²) in [5.41, 5.74) is 8.49. The van der Waals surface area contributed by atoms with Crippen molar-refractivity contribution in [3.05, 3.63) is 57.1 Å². The molecule has 6 nitrogen and oxygen atoms in total. The summed E-state index contributed by atoms with van der Waals surface area (Å²) in [6.45, 7) is 4.59. The number of benzene rings is 1. The van der Waals surface area contributed by atoms with Crippen LogP contribution < -0.4 is 15.4 Å². The highest BCUT2D eigenvalue weighted by Gasteiger charge is 2.32. The Bertz CT molecular complexity index is 894. The first-order chi connectivity index (χ1) is 12.7. The summed E-state index contributed by atoms with van der Waals surface area (Å²) in [5, 5.41) is 21.5. The van der Waals surface area contributed by atoms with Gasteiger partial charge in [0.05, 0.1) is 19.1 Å². The van der Waals surface area contributed by atoms with Crippen molar-refractivity contribution in [1.29, 1.82) is 5.26 Å². The van der Waals surface area contributed by atoms with Crippen LogP contribution in [0.2, 0.25) is 0 Å². The molecule has 0 radical (unpaired) electrons. The maximum atomic E-state index is 9.73. The van der Waals surface area contributed by atoms with Crippen LogP contribution in [0, 0.1) is 11.3 Å². The van der Waals surface area contributed by atoms with Gasteiger partial charge in [-0.05, 0) is 17.5 Å². The maximum absolute atomic E-state index is 9.73. The second-order valence-corrected chi connectivity index (χ2v) is 7.49. The molecular weight excluding hydrogens is 350 g/mol. The SMILES string of the molecule is N#CC1=C(N)Oc2cc(O)ccc2[C@@H]1c1cc(C[NH+]2CCOCC2)cs1. The molecular formula is C19H20N3O3S+. The standard InChI is InChI=1S/C19H19N3O3S/c20-9-15-18(14-2-1-13(23)8-16(14)25-19(15)21)17-7-12(11-26-17)10-22-3-5-24-6-4-22/h1-2,7-8,11,18,23H,3-6,10,21H2/p+1/t18-/m0/s1. The predicted octanol–water partition coefficient (Wildman–Crippen LogP) is 1.09. The fourth-order valence-electron chi connectivity index (χ4n) is 3.50. The quantitative estimate of drug-likeness (QED) is 0.752. The van der Waals surface area contributed by atoms with Crippen LogP contribution >= 0.6 is 11.3 Å². The van der Waals surface area contributed by atoms with Gasteiger partial charge in [0.15, 0.2) is 0 Å². The van der Waals surface area contributed by atoms with Crippen LogP contribution in [-0.4, -0.2) is 31.4 Å². The number of aromatic hydroxyl groups is 1. The molecule has 0 saturated carbocycles. The van der Waals surface area contributed by atoms with Crippen molar-refractivity contribution in [2.24, 2.45) is 5.73 Å². The number of hydrogen-bond acceptors (Lipinski definition) is 6. The lowest BCUT2D eigenvalue weighted by Crippen LogP contribution is -3.12. The van der Waals surface area contributed by atoms with E-state index in [1.54, 1.807) is 23.5 Å². The second-order valence-electron chi connectivity index (χ2n) is 6.54. The van der Waals surface area contributed by atoms with Gasteiger partial charge >= 0.3 is 0 Å². The molecule has 0 bridgehead atoms. The molecule has 4 rings (SSSR count). The van der Waals surface area contributed by atoms with Gasteiger partial charge in [-0.25, -0.2) is 0 Å². The van der Waals surface area contributed by atoms with Crippen LogP contribution in [0.1, 0.15) is 21.9 Å². The number of nitrogens with one attached hydrogen (secondary N) is 1. The first kappa shape index (κ1) is 16.9. The predicted molar refractivity (Wildman–Crippen MR) is 96.9 cm³/mol. The zero-order valence-corrected chi connectivity index (χ0v) is 15.0. The van der Waals surface area contributed by atoms with E-state index in [9.17, 15) is 10.4 Å². The number of quaternary nitrogens is 1. The Morgan fingerprint density at radius 2 is 2.12 bits per heavy atom. The average molecular weight is 370 g/mol. The Morgan fingerprint density at radius 1 is 1.31 bits per heavy atom. The van der Waals surface area contributed by atoms with E-state index >= 15 is 0 Å². The Balaban J connectivity index is 1.67. The molecule has 3 heterocycles. The number of ether oxygens (including phenoxy) is 2. The van der Waals surface area contributed by atoms with E-state index < -0.39 is 0 Å². The molecule has 2 aromatic rings. The number of phenols is 1. The minimum absolute atomic E-state index is 0.101. The van der Waals surface area contributed by atoms with Crippen LogP contribution in [0.4, 0.5) is 0 Å². The average Bonchev–Trinajstić information content (AvgIpc) is 3.09. The van der Waals surface area contributed by atoms with Gasteiger partial charge in [0.2, 0.25) is 5.88 Å². The number of rotatable bonds is 3. The van der Waals surface area contributed by atoms with E-state index in [4.69, 9.17) is 15.2 Å². The van der Waals surface area contributed by atoms with Crippen molar-refractivity contribution in [2.45, 2.75) is 12.5 Å². The molecule has 7 heteroatoms. The van der Waals surface area contributed by atoms with Crippen molar-refractivity contribution in [1.82, 2.24) is 0 Å². The van der Waals surface area contributed by atoms with E-state index in [2.05, 4.69) is 17.5 Å². The topological polar surface area (TPSA) is 92.9 Å². The van der Waals surface area contributed by atoms with Crippen LogP contribution in [-0.2, 0) is 11.3 Å². The minimum Gasteiger partial charge on any atom is -0.508 e. The van der Waals surface area contributed by atoms with E-state index in [-0.39, 0.29) is 17.6 Å². The van der Waals surface area contributed by atoms with Gasteiger partial charge in [-0.3, -0.25) is 0 Å². The van der Waals surface area contributed by atoms with E-state index in [1.807, 2.05) is 0 Å². The monoisotopic (exact) mass is 370 g/mol. The lowest BCUT2D eigenvalue weighted by atomic mass is 9.88. The highest BCUT2D eigenvalue weighted by molar-refractivity contribution is 7.10. The van der Waals surface area contributed by atoms with Gasteiger partial charge in [0.25, 0.3) is 0 Å². The zero-order chi connectivity index (χ0) is 18.1. The van der Waals surface area contributed by atoms with Crippen molar-refractivity contribution >= 4 is 11.3 Å². The molecule has 1 fully saturated rings. The number of nitrogens with two attached hydrogens (primary N) is 1. The number of fused-ring (bicyclic) bond motifs is 1. The summed E-state index contributed by atoms with van der Waals surface area (Å²) in [7, 11) is 0. The Labute approximate surface area is 155 Å². The van der Waals surface area contributed by atoms with Crippen molar-refractivity contribution in [2.75, 3.05) is 26.3 Å². The van der Waals surface area contributed by atoms with Gasteiger partial charge in [-0.15, -0.1) is 11.3 Å². The molecule has 134 valence electrons. The summed E-state index contributed by atoms with van der Waals surface area (Å²) in [4.78, 5) is 2.57. The van der Waals surface area contributed by atoms with Crippen molar-refractivity contribution in [3.8, 4) is 17.6 Å². The summed E-state index contributed by atoms with van der Waals surface area (Å²) in [6.07, 6.45) is 0. The van der Waals surface area contributed by atoms with Crippen LogP contribution in [0.5, 0.6) is 11.5 Å². The number of morpholine rings is 1. The minimum atomic E-state index is -0.261. The Hall–Kier alpha value is -2.53. The number of thiophene rings is 1. The third kappa shape index (κ3) is 3.15. The number of phenolic OH excluding ortho intramolecular Hbond substituents is 1. The third-order valence-corrected chi connectivity index (χ3v) is 5.86. The van der Waals surface area contributed by atoms with E-state index in [0.29, 0.717) is 11.3 Å². The maximum Gasteiger partial charge on any atom is 0.205 e. The molecule has 4 N–H and O–H groups in total. The highest BCUT2D eigenvalue weighted by atomic mass is 32.1. The van der Waals surface area contributed by atoms with Gasteiger partial charge in [-0.1, -0.05) is 6.07 Å². The Kier molecular flexibility index (Phi) is 4.55. The fraction of sp³-hybridized carbons (Fsp3) is 0.316. The van der Waals surface area contributed by atoms with E-state index in [0.717, 1.165) is 43.3 Å². The molecule has 2 aliphatic rings. The van der Waals surface area contributed by atoms with Gasteiger partial charge in [0, 0.05) is 22.1 Å². The highest BCUT2D eigenvalue weighted by Crippen LogP contribution is 2.44. The third-order valence-electron chi connectivity index (χ3n) is 4.82. The number of nitriles is 1. The lowest BCUT2D eigenvalue weighted by molar-refractivity contribution is -0.921. The molecule has 0 spiro atoms.